The summed E-state index contributed by atoms with van der Waals surface area (Å²) in [6.45, 7) is 2.29. The average Bonchev–Trinajstić information content (AvgIpc) is 2.52. The highest BCUT2D eigenvalue weighted by atomic mass is 19.1. The van der Waals surface area contributed by atoms with Crippen LogP contribution in [0.5, 0.6) is 11.5 Å². The number of rotatable bonds is 7. The van der Waals surface area contributed by atoms with Crippen molar-refractivity contribution in [1.29, 1.82) is 0 Å². The molecule has 0 unspecified atom stereocenters. The van der Waals surface area contributed by atoms with Crippen LogP contribution in [-0.2, 0) is 6.42 Å². The van der Waals surface area contributed by atoms with Crippen molar-refractivity contribution in [2.75, 3.05) is 13.2 Å². The standard InChI is InChI=1S/C16H18F2N2O2/c1-2-11-5-14(8-20-7-11)21-9-13(19)10-22-16-4-3-12(17)6-15(16)18/h3-8,13H,2,9-10,19H2,1H3/t13-/m1/s1. The molecule has 118 valence electrons. The number of ether oxygens (including phenoxy) is 2. The van der Waals surface area contributed by atoms with E-state index in [0.29, 0.717) is 5.75 Å². The predicted molar refractivity (Wildman–Crippen MR) is 78.9 cm³/mol. The minimum absolute atomic E-state index is 0.0357. The second kappa shape index (κ2) is 7.70. The Kier molecular flexibility index (Phi) is 5.66. The third-order valence-corrected chi connectivity index (χ3v) is 2.99. The molecule has 0 saturated carbocycles. The third-order valence-electron chi connectivity index (χ3n) is 2.99. The summed E-state index contributed by atoms with van der Waals surface area (Å²) in [4.78, 5) is 4.06. The lowest BCUT2D eigenvalue weighted by Crippen LogP contribution is -2.34. The van der Waals surface area contributed by atoms with E-state index in [2.05, 4.69) is 4.98 Å². The van der Waals surface area contributed by atoms with E-state index in [4.69, 9.17) is 15.2 Å². The van der Waals surface area contributed by atoms with Gasteiger partial charge >= 0.3 is 0 Å². The van der Waals surface area contributed by atoms with Gasteiger partial charge in [-0.3, -0.25) is 4.98 Å². The highest BCUT2D eigenvalue weighted by Crippen LogP contribution is 2.17. The zero-order chi connectivity index (χ0) is 15.9. The number of aromatic nitrogens is 1. The van der Waals surface area contributed by atoms with Gasteiger partial charge in [0.2, 0.25) is 0 Å². The first kappa shape index (κ1) is 16.2. The lowest BCUT2D eigenvalue weighted by atomic mass is 10.2. The number of aryl methyl sites for hydroxylation is 1. The Labute approximate surface area is 127 Å². The molecule has 0 amide bonds. The lowest BCUT2D eigenvalue weighted by molar-refractivity contribution is 0.214. The smallest absolute Gasteiger partial charge is 0.167 e. The Morgan fingerprint density at radius 1 is 1.14 bits per heavy atom. The van der Waals surface area contributed by atoms with Crippen molar-refractivity contribution < 1.29 is 18.3 Å². The van der Waals surface area contributed by atoms with Crippen LogP contribution in [0.1, 0.15) is 12.5 Å². The normalized spacial score (nSPS) is 12.0. The number of nitrogens with zero attached hydrogens (tertiary/aromatic N) is 1. The molecule has 0 fully saturated rings. The van der Waals surface area contributed by atoms with Gasteiger partial charge in [-0.15, -0.1) is 0 Å². The molecule has 0 radical (unpaired) electrons. The molecule has 0 bridgehead atoms. The maximum absolute atomic E-state index is 13.4. The van der Waals surface area contributed by atoms with Gasteiger partial charge in [-0.05, 0) is 30.2 Å². The van der Waals surface area contributed by atoms with Gasteiger partial charge in [0.1, 0.15) is 24.8 Å². The molecule has 2 rings (SSSR count). The third kappa shape index (κ3) is 4.66. The summed E-state index contributed by atoms with van der Waals surface area (Å²) >= 11 is 0. The zero-order valence-electron chi connectivity index (χ0n) is 12.3. The van der Waals surface area contributed by atoms with Crippen LogP contribution in [-0.4, -0.2) is 24.2 Å². The molecule has 1 heterocycles. The molecule has 0 saturated heterocycles. The van der Waals surface area contributed by atoms with Crippen LogP contribution < -0.4 is 15.2 Å². The lowest BCUT2D eigenvalue weighted by Gasteiger charge is -2.15. The van der Waals surface area contributed by atoms with Crippen molar-refractivity contribution in [1.82, 2.24) is 4.98 Å². The van der Waals surface area contributed by atoms with Gasteiger partial charge in [-0.25, -0.2) is 8.78 Å². The zero-order valence-corrected chi connectivity index (χ0v) is 12.3. The number of pyridine rings is 1. The summed E-state index contributed by atoms with van der Waals surface area (Å²) in [5.41, 5.74) is 6.92. The fourth-order valence-corrected chi connectivity index (χ4v) is 1.78. The van der Waals surface area contributed by atoms with Gasteiger partial charge < -0.3 is 15.2 Å². The summed E-state index contributed by atoms with van der Waals surface area (Å²) in [5.74, 6) is -0.817. The van der Waals surface area contributed by atoms with Gasteiger partial charge in [-0.2, -0.15) is 0 Å². The van der Waals surface area contributed by atoms with Crippen LogP contribution in [0, 0.1) is 11.6 Å². The topological polar surface area (TPSA) is 57.4 Å². The summed E-state index contributed by atoms with van der Waals surface area (Å²) in [5, 5.41) is 0. The Balaban J connectivity index is 1.81. The molecule has 2 N–H and O–H groups in total. The first-order chi connectivity index (χ1) is 10.6. The SMILES string of the molecule is CCc1cncc(OC[C@@H](N)COc2ccc(F)cc2F)c1. The van der Waals surface area contributed by atoms with Gasteiger partial charge in [0.05, 0.1) is 12.2 Å². The number of hydrogen-bond acceptors (Lipinski definition) is 4. The van der Waals surface area contributed by atoms with E-state index in [9.17, 15) is 8.78 Å². The van der Waals surface area contributed by atoms with Crippen molar-refractivity contribution in [3.8, 4) is 11.5 Å². The minimum Gasteiger partial charge on any atom is -0.490 e. The quantitative estimate of drug-likeness (QED) is 0.854. The summed E-state index contributed by atoms with van der Waals surface area (Å²) in [6.07, 6.45) is 4.24. The molecule has 4 nitrogen and oxygen atoms in total. The number of hydrogen-bond donors (Lipinski definition) is 1. The molecule has 1 atom stereocenters. The maximum Gasteiger partial charge on any atom is 0.167 e. The van der Waals surface area contributed by atoms with Gasteiger partial charge in [-0.1, -0.05) is 6.92 Å². The fraction of sp³-hybridized carbons (Fsp3) is 0.312. The predicted octanol–water partition coefficient (Wildman–Crippen LogP) is 2.71. The largest absolute Gasteiger partial charge is 0.490 e. The molecule has 6 heteroatoms. The Morgan fingerprint density at radius 3 is 2.64 bits per heavy atom. The van der Waals surface area contributed by atoms with E-state index in [0.717, 1.165) is 24.1 Å². The van der Waals surface area contributed by atoms with Crippen molar-refractivity contribution in [2.24, 2.45) is 5.73 Å². The summed E-state index contributed by atoms with van der Waals surface area (Å²) in [7, 11) is 0. The van der Waals surface area contributed by atoms with E-state index < -0.39 is 17.7 Å². The van der Waals surface area contributed by atoms with E-state index in [1.165, 1.54) is 6.07 Å². The van der Waals surface area contributed by atoms with Crippen LogP contribution >= 0.6 is 0 Å². The monoisotopic (exact) mass is 308 g/mol. The molecular formula is C16H18F2N2O2. The van der Waals surface area contributed by atoms with Crippen LogP contribution in [0.15, 0.2) is 36.7 Å². The average molecular weight is 308 g/mol. The molecule has 0 aliphatic rings. The molecule has 0 aliphatic carbocycles. The Morgan fingerprint density at radius 2 is 1.91 bits per heavy atom. The molecule has 1 aromatic carbocycles. The van der Waals surface area contributed by atoms with Gasteiger partial charge in [0, 0.05) is 12.3 Å². The number of nitrogens with two attached hydrogens (primary N) is 1. The van der Waals surface area contributed by atoms with Crippen LogP contribution in [0.2, 0.25) is 0 Å². The van der Waals surface area contributed by atoms with E-state index in [1.807, 2.05) is 13.0 Å². The summed E-state index contributed by atoms with van der Waals surface area (Å²) in [6, 6.07) is 4.56. The van der Waals surface area contributed by atoms with Crippen molar-refractivity contribution >= 4 is 0 Å². The number of benzene rings is 1. The highest BCUT2D eigenvalue weighted by molar-refractivity contribution is 5.25. The molecule has 22 heavy (non-hydrogen) atoms. The van der Waals surface area contributed by atoms with Crippen molar-refractivity contribution in [3.63, 3.8) is 0 Å². The fourth-order valence-electron chi connectivity index (χ4n) is 1.78. The highest BCUT2D eigenvalue weighted by Gasteiger charge is 2.09. The first-order valence-electron chi connectivity index (χ1n) is 6.98. The van der Waals surface area contributed by atoms with Gasteiger partial charge in [0.15, 0.2) is 11.6 Å². The Bertz CT molecular complexity index is 623. The van der Waals surface area contributed by atoms with E-state index in [1.54, 1.807) is 12.4 Å². The molecule has 2 aromatic rings. The second-order valence-corrected chi connectivity index (χ2v) is 4.84. The van der Waals surface area contributed by atoms with Crippen LogP contribution in [0.25, 0.3) is 0 Å². The van der Waals surface area contributed by atoms with Crippen molar-refractivity contribution in [3.05, 3.63) is 53.9 Å². The van der Waals surface area contributed by atoms with Gasteiger partial charge in [0.25, 0.3) is 0 Å². The van der Waals surface area contributed by atoms with Crippen LogP contribution in [0.4, 0.5) is 8.78 Å². The molecule has 0 spiro atoms. The molecule has 1 aromatic heterocycles. The Hall–Kier alpha value is -2.21. The number of halogens is 2. The first-order valence-corrected chi connectivity index (χ1v) is 6.98. The minimum atomic E-state index is -0.757. The van der Waals surface area contributed by atoms with Crippen LogP contribution in [0.3, 0.4) is 0 Å². The van der Waals surface area contributed by atoms with Crippen molar-refractivity contribution in [2.45, 2.75) is 19.4 Å². The van der Waals surface area contributed by atoms with E-state index in [-0.39, 0.29) is 19.0 Å². The summed E-state index contributed by atoms with van der Waals surface area (Å²) < 4.78 is 36.9. The maximum atomic E-state index is 13.4. The van der Waals surface area contributed by atoms with E-state index >= 15 is 0 Å². The molecular weight excluding hydrogens is 290 g/mol. The molecule has 0 aliphatic heterocycles. The second-order valence-electron chi connectivity index (χ2n) is 4.84.